The number of carbonyl (C=O) groups is 1. The highest BCUT2D eigenvalue weighted by molar-refractivity contribution is 5.81. The van der Waals surface area contributed by atoms with Gasteiger partial charge >= 0.3 is 0 Å². The molecule has 0 aromatic heterocycles. The minimum atomic E-state index is -0.338. The Kier molecular flexibility index (Phi) is 3.68. The second-order valence-electron chi connectivity index (χ2n) is 6.14. The Balaban J connectivity index is 2.35. The van der Waals surface area contributed by atoms with Gasteiger partial charge in [0.15, 0.2) is 0 Å². The zero-order chi connectivity index (χ0) is 12.6. The largest absolute Gasteiger partial charge is 0.354 e. The second kappa shape index (κ2) is 4.36. The van der Waals surface area contributed by atoms with E-state index < -0.39 is 0 Å². The van der Waals surface area contributed by atoms with Crippen LogP contribution in [0.3, 0.4) is 0 Å². The van der Waals surface area contributed by atoms with Crippen molar-refractivity contribution in [2.45, 2.75) is 53.5 Å². The molecule has 0 aromatic rings. The number of carbonyl (C=O) groups excluding carboxylic acids is 1. The molecule has 94 valence electrons. The fourth-order valence-corrected chi connectivity index (χ4v) is 2.62. The summed E-state index contributed by atoms with van der Waals surface area (Å²) in [5.41, 5.74) is 6.41. The van der Waals surface area contributed by atoms with Crippen molar-refractivity contribution in [3.05, 3.63) is 0 Å². The molecule has 3 N–H and O–H groups in total. The fraction of sp³-hybridized carbons (Fsp3) is 0.923. The summed E-state index contributed by atoms with van der Waals surface area (Å²) in [6.07, 6.45) is 1.72. The van der Waals surface area contributed by atoms with Gasteiger partial charge in [-0.1, -0.05) is 41.0 Å². The molecule has 0 unspecified atom stereocenters. The first-order valence-electron chi connectivity index (χ1n) is 6.28. The number of amides is 1. The lowest BCUT2D eigenvalue weighted by molar-refractivity contribution is -0.122. The third kappa shape index (κ3) is 2.24. The van der Waals surface area contributed by atoms with Gasteiger partial charge in [0, 0.05) is 6.54 Å². The molecule has 1 aliphatic rings. The van der Waals surface area contributed by atoms with Gasteiger partial charge in [-0.15, -0.1) is 0 Å². The van der Waals surface area contributed by atoms with E-state index in [2.05, 4.69) is 33.0 Å². The zero-order valence-electron chi connectivity index (χ0n) is 11.3. The van der Waals surface area contributed by atoms with Crippen molar-refractivity contribution in [3.63, 3.8) is 0 Å². The molecule has 3 nitrogen and oxygen atoms in total. The lowest BCUT2D eigenvalue weighted by atomic mass is 10.0. The molecule has 1 atom stereocenters. The quantitative estimate of drug-likeness (QED) is 0.752. The minimum Gasteiger partial charge on any atom is -0.354 e. The lowest BCUT2D eigenvalue weighted by Gasteiger charge is -2.11. The smallest absolute Gasteiger partial charge is 0.236 e. The van der Waals surface area contributed by atoms with Crippen LogP contribution in [0.4, 0.5) is 0 Å². The van der Waals surface area contributed by atoms with E-state index in [1.807, 2.05) is 6.92 Å². The Morgan fingerprint density at radius 2 is 1.81 bits per heavy atom. The molecule has 0 aromatic carbocycles. The van der Waals surface area contributed by atoms with Crippen molar-refractivity contribution >= 4 is 5.91 Å². The van der Waals surface area contributed by atoms with Crippen LogP contribution in [0.2, 0.25) is 0 Å². The van der Waals surface area contributed by atoms with E-state index in [0.29, 0.717) is 16.7 Å². The van der Waals surface area contributed by atoms with Crippen LogP contribution in [0.5, 0.6) is 0 Å². The van der Waals surface area contributed by atoms with Crippen LogP contribution in [-0.4, -0.2) is 18.5 Å². The molecule has 0 aliphatic heterocycles. The summed E-state index contributed by atoms with van der Waals surface area (Å²) in [6.45, 7) is 11.8. The van der Waals surface area contributed by atoms with Gasteiger partial charge < -0.3 is 11.1 Å². The number of hydrogen-bond acceptors (Lipinski definition) is 2. The Hall–Kier alpha value is -0.570. The maximum Gasteiger partial charge on any atom is 0.236 e. The summed E-state index contributed by atoms with van der Waals surface area (Å²) in [5, 5.41) is 2.98. The van der Waals surface area contributed by atoms with Gasteiger partial charge in [-0.05, 0) is 23.2 Å². The van der Waals surface area contributed by atoms with Crippen LogP contribution in [-0.2, 0) is 4.79 Å². The monoisotopic (exact) mass is 226 g/mol. The zero-order valence-corrected chi connectivity index (χ0v) is 11.3. The average molecular weight is 226 g/mol. The van der Waals surface area contributed by atoms with E-state index in [-0.39, 0.29) is 11.9 Å². The molecule has 0 bridgehead atoms. The van der Waals surface area contributed by atoms with Crippen LogP contribution < -0.4 is 11.1 Å². The number of nitrogens with two attached hydrogens (primary N) is 1. The predicted octanol–water partition coefficient (Wildman–Crippen LogP) is 1.91. The minimum absolute atomic E-state index is 0.000324. The van der Waals surface area contributed by atoms with Crippen molar-refractivity contribution in [3.8, 4) is 0 Å². The van der Waals surface area contributed by atoms with Crippen molar-refractivity contribution in [1.29, 1.82) is 0 Å². The van der Waals surface area contributed by atoms with Gasteiger partial charge in [-0.25, -0.2) is 0 Å². The molecule has 0 heterocycles. The summed E-state index contributed by atoms with van der Waals surface area (Å²) in [4.78, 5) is 11.7. The molecular formula is C13H26N2O. The second-order valence-corrected chi connectivity index (χ2v) is 6.14. The molecule has 1 rings (SSSR count). The van der Waals surface area contributed by atoms with E-state index in [1.165, 1.54) is 0 Å². The average Bonchev–Trinajstić information content (AvgIpc) is 2.55. The van der Waals surface area contributed by atoms with Crippen molar-refractivity contribution < 1.29 is 4.79 Å². The van der Waals surface area contributed by atoms with Gasteiger partial charge in [-0.3, -0.25) is 4.79 Å². The Bertz CT molecular complexity index is 257. The third-order valence-corrected chi connectivity index (χ3v) is 4.74. The Morgan fingerprint density at radius 3 is 2.19 bits per heavy atom. The summed E-state index contributed by atoms with van der Waals surface area (Å²) in [5.74, 6) is 0.568. The molecule has 0 saturated heterocycles. The number of rotatable bonds is 5. The standard InChI is InChI=1S/C13H26N2O/c1-6-7-9(14)11(16)15-8-10-12(2,3)13(10,4)5/h9-10H,6-8,14H2,1-5H3,(H,15,16)/t9-/m1/s1. The van der Waals surface area contributed by atoms with Gasteiger partial charge in [0.05, 0.1) is 6.04 Å². The van der Waals surface area contributed by atoms with Gasteiger partial charge in [-0.2, -0.15) is 0 Å². The van der Waals surface area contributed by atoms with Crippen LogP contribution >= 0.6 is 0 Å². The molecule has 3 heteroatoms. The van der Waals surface area contributed by atoms with Crippen LogP contribution in [0.1, 0.15) is 47.5 Å². The number of hydrogen-bond donors (Lipinski definition) is 2. The highest BCUT2D eigenvalue weighted by Gasteiger charge is 2.64. The Labute approximate surface area is 99.2 Å². The van der Waals surface area contributed by atoms with Gasteiger partial charge in [0.2, 0.25) is 5.91 Å². The Morgan fingerprint density at radius 1 is 1.31 bits per heavy atom. The van der Waals surface area contributed by atoms with E-state index in [0.717, 1.165) is 19.4 Å². The highest BCUT2D eigenvalue weighted by atomic mass is 16.2. The summed E-state index contributed by atoms with van der Waals surface area (Å²) < 4.78 is 0. The molecular weight excluding hydrogens is 200 g/mol. The van der Waals surface area contributed by atoms with E-state index in [9.17, 15) is 4.79 Å². The molecule has 1 fully saturated rings. The third-order valence-electron chi connectivity index (χ3n) is 4.74. The predicted molar refractivity (Wildman–Crippen MR) is 66.9 cm³/mol. The molecule has 1 saturated carbocycles. The van der Waals surface area contributed by atoms with Gasteiger partial charge in [0.1, 0.15) is 0 Å². The molecule has 16 heavy (non-hydrogen) atoms. The molecule has 0 radical (unpaired) electrons. The highest BCUT2D eigenvalue weighted by Crippen LogP contribution is 2.67. The van der Waals surface area contributed by atoms with Crippen LogP contribution in [0, 0.1) is 16.7 Å². The summed E-state index contributed by atoms with van der Waals surface area (Å²) >= 11 is 0. The van der Waals surface area contributed by atoms with Crippen molar-refractivity contribution in [1.82, 2.24) is 5.32 Å². The van der Waals surface area contributed by atoms with Gasteiger partial charge in [0.25, 0.3) is 0 Å². The first-order chi connectivity index (χ1) is 7.25. The summed E-state index contributed by atoms with van der Waals surface area (Å²) in [7, 11) is 0. The van der Waals surface area contributed by atoms with Crippen LogP contribution in [0.15, 0.2) is 0 Å². The van der Waals surface area contributed by atoms with Crippen LogP contribution in [0.25, 0.3) is 0 Å². The topological polar surface area (TPSA) is 55.1 Å². The summed E-state index contributed by atoms with van der Waals surface area (Å²) in [6, 6.07) is -0.338. The maximum atomic E-state index is 11.7. The van der Waals surface area contributed by atoms with E-state index in [1.54, 1.807) is 0 Å². The SMILES string of the molecule is CCC[C@@H](N)C(=O)NCC1C(C)(C)C1(C)C. The normalized spacial score (nSPS) is 23.9. The van der Waals surface area contributed by atoms with Crippen molar-refractivity contribution in [2.75, 3.05) is 6.54 Å². The molecule has 0 spiro atoms. The van der Waals surface area contributed by atoms with E-state index in [4.69, 9.17) is 5.73 Å². The molecule has 1 aliphatic carbocycles. The maximum absolute atomic E-state index is 11.7. The first kappa shape index (κ1) is 13.5. The van der Waals surface area contributed by atoms with Crippen molar-refractivity contribution in [2.24, 2.45) is 22.5 Å². The fourth-order valence-electron chi connectivity index (χ4n) is 2.62. The first-order valence-corrected chi connectivity index (χ1v) is 6.28. The van der Waals surface area contributed by atoms with E-state index >= 15 is 0 Å². The lowest BCUT2D eigenvalue weighted by Crippen LogP contribution is -2.41. The number of nitrogens with one attached hydrogen (secondary N) is 1. The molecule has 1 amide bonds.